The molecule has 2 unspecified atom stereocenters. The first-order valence-corrected chi connectivity index (χ1v) is 37.8. The number of unbranched alkanes of at least 4 members (excludes halogenated alkanes) is 32. The molecule has 0 bridgehead atoms. The molecule has 0 heterocycles. The molecular formula is C78H137NO8P+. The van der Waals surface area contributed by atoms with Gasteiger partial charge in [-0.1, -0.05) is 309 Å². The van der Waals surface area contributed by atoms with Crippen molar-refractivity contribution in [3.63, 3.8) is 0 Å². The molecule has 506 valence electrons. The number of nitrogens with zero attached hydrogens (tertiary/aromatic N) is 1. The number of hydrogen-bond acceptors (Lipinski definition) is 7. The molecule has 0 saturated heterocycles. The van der Waals surface area contributed by atoms with Gasteiger partial charge in [-0.2, -0.15) is 0 Å². The predicted octanol–water partition coefficient (Wildman–Crippen LogP) is 23.8. The zero-order valence-corrected chi connectivity index (χ0v) is 58.6. The summed E-state index contributed by atoms with van der Waals surface area (Å²) in [6, 6.07) is 0. The molecule has 0 aliphatic rings. The highest BCUT2D eigenvalue weighted by atomic mass is 31.2. The summed E-state index contributed by atoms with van der Waals surface area (Å²) < 4.78 is 34.7. The van der Waals surface area contributed by atoms with E-state index in [2.05, 4.69) is 135 Å². The Hall–Kier alpha value is -3.59. The van der Waals surface area contributed by atoms with Crippen LogP contribution in [0.5, 0.6) is 0 Å². The van der Waals surface area contributed by atoms with Gasteiger partial charge < -0.3 is 18.9 Å². The van der Waals surface area contributed by atoms with E-state index >= 15 is 0 Å². The second kappa shape index (κ2) is 67.8. The minimum atomic E-state index is -4.40. The third-order valence-electron chi connectivity index (χ3n) is 15.5. The molecule has 0 saturated carbocycles. The molecule has 9 nitrogen and oxygen atoms in total. The fourth-order valence-electron chi connectivity index (χ4n) is 9.95. The third-order valence-corrected chi connectivity index (χ3v) is 16.5. The average Bonchev–Trinajstić information content (AvgIpc) is 3.68. The van der Waals surface area contributed by atoms with Gasteiger partial charge in [-0.05, 0) is 109 Å². The summed E-state index contributed by atoms with van der Waals surface area (Å²) in [5.74, 6) is -0.794. The highest BCUT2D eigenvalue weighted by Gasteiger charge is 2.27. The van der Waals surface area contributed by atoms with Crippen molar-refractivity contribution in [2.75, 3.05) is 47.5 Å². The first-order valence-electron chi connectivity index (χ1n) is 36.3. The second-order valence-electron chi connectivity index (χ2n) is 25.2. The van der Waals surface area contributed by atoms with Crippen LogP contribution in [0.4, 0.5) is 0 Å². The maximum atomic E-state index is 12.9. The minimum absolute atomic E-state index is 0.0281. The third kappa shape index (κ3) is 71.5. The van der Waals surface area contributed by atoms with Crippen molar-refractivity contribution < 1.29 is 42.1 Å². The van der Waals surface area contributed by atoms with Crippen LogP contribution in [0.3, 0.4) is 0 Å². The van der Waals surface area contributed by atoms with Gasteiger partial charge in [0.15, 0.2) is 6.10 Å². The van der Waals surface area contributed by atoms with E-state index in [4.69, 9.17) is 18.5 Å². The molecule has 0 spiro atoms. The molecule has 0 fully saturated rings. The smallest absolute Gasteiger partial charge is 0.462 e. The van der Waals surface area contributed by atoms with Crippen LogP contribution in [0.15, 0.2) is 122 Å². The van der Waals surface area contributed by atoms with Gasteiger partial charge in [0, 0.05) is 12.8 Å². The van der Waals surface area contributed by atoms with Gasteiger partial charge >= 0.3 is 19.8 Å². The van der Waals surface area contributed by atoms with Crippen LogP contribution in [0.25, 0.3) is 0 Å². The normalized spacial score (nSPS) is 13.8. The Morgan fingerprint density at radius 2 is 0.648 bits per heavy atom. The lowest BCUT2D eigenvalue weighted by Gasteiger charge is -2.24. The first kappa shape index (κ1) is 84.4. The Bertz CT molecular complexity index is 1900. The summed E-state index contributed by atoms with van der Waals surface area (Å²) in [5, 5.41) is 0. The molecule has 0 aromatic carbocycles. The lowest BCUT2D eigenvalue weighted by molar-refractivity contribution is -0.870. The number of hydrogen-bond donors (Lipinski definition) is 1. The van der Waals surface area contributed by atoms with E-state index in [1.54, 1.807) is 0 Å². The van der Waals surface area contributed by atoms with Crippen LogP contribution >= 0.6 is 7.82 Å². The molecule has 0 aliphatic carbocycles. The molecule has 88 heavy (non-hydrogen) atoms. The molecule has 10 heteroatoms. The summed E-state index contributed by atoms with van der Waals surface area (Å²) >= 11 is 0. The Kier molecular flexibility index (Phi) is 65.0. The molecular weight excluding hydrogens is 1110 g/mol. The number of quaternary nitrogens is 1. The van der Waals surface area contributed by atoms with Crippen LogP contribution in [-0.4, -0.2) is 74.9 Å². The predicted molar refractivity (Wildman–Crippen MR) is 381 cm³/mol. The number of ether oxygens (including phenoxy) is 2. The number of carbonyl (C=O) groups is 2. The number of rotatable bonds is 66. The summed E-state index contributed by atoms with van der Waals surface area (Å²) in [6.45, 7) is 4.33. The van der Waals surface area contributed by atoms with E-state index in [0.29, 0.717) is 17.4 Å². The van der Waals surface area contributed by atoms with E-state index in [9.17, 15) is 19.0 Å². The minimum Gasteiger partial charge on any atom is -0.462 e. The molecule has 0 radical (unpaired) electrons. The number of allylic oxidation sites excluding steroid dienone is 20. The van der Waals surface area contributed by atoms with Crippen molar-refractivity contribution in [2.45, 2.75) is 315 Å². The molecule has 1 N–H and O–H groups in total. The Balaban J connectivity index is 4.04. The van der Waals surface area contributed by atoms with Crippen LogP contribution in [0.1, 0.15) is 309 Å². The molecule has 0 aromatic heterocycles. The van der Waals surface area contributed by atoms with E-state index in [0.717, 1.165) is 96.3 Å². The van der Waals surface area contributed by atoms with E-state index in [1.807, 2.05) is 21.1 Å². The zero-order valence-electron chi connectivity index (χ0n) is 57.7. The maximum absolute atomic E-state index is 12.9. The lowest BCUT2D eigenvalue weighted by atomic mass is 10.0. The fraction of sp³-hybridized carbons (Fsp3) is 0.718. The Morgan fingerprint density at radius 1 is 0.364 bits per heavy atom. The number of phosphoric acid groups is 1. The van der Waals surface area contributed by atoms with Crippen molar-refractivity contribution in [1.29, 1.82) is 0 Å². The van der Waals surface area contributed by atoms with E-state index in [-0.39, 0.29) is 32.0 Å². The Morgan fingerprint density at radius 3 is 0.966 bits per heavy atom. The van der Waals surface area contributed by atoms with Gasteiger partial charge in [0.05, 0.1) is 27.7 Å². The quantitative estimate of drug-likeness (QED) is 0.0211. The van der Waals surface area contributed by atoms with Gasteiger partial charge in [-0.25, -0.2) is 4.57 Å². The van der Waals surface area contributed by atoms with Crippen molar-refractivity contribution in [3.8, 4) is 0 Å². The molecule has 0 rings (SSSR count). The van der Waals surface area contributed by atoms with Crippen LogP contribution in [-0.2, 0) is 32.7 Å². The molecule has 0 amide bonds. The highest BCUT2D eigenvalue weighted by Crippen LogP contribution is 2.43. The molecule has 2 atom stereocenters. The van der Waals surface area contributed by atoms with E-state index < -0.39 is 26.5 Å². The number of esters is 2. The van der Waals surface area contributed by atoms with Gasteiger partial charge in [0.1, 0.15) is 19.8 Å². The van der Waals surface area contributed by atoms with Gasteiger partial charge in [-0.3, -0.25) is 18.6 Å². The topological polar surface area (TPSA) is 108 Å². The Labute approximate surface area is 543 Å². The van der Waals surface area contributed by atoms with Crippen molar-refractivity contribution in [1.82, 2.24) is 0 Å². The number of phosphoric ester groups is 1. The number of likely N-dealkylation sites (N-methyl/N-ethyl adjacent to an activating group) is 1. The van der Waals surface area contributed by atoms with Crippen LogP contribution in [0.2, 0.25) is 0 Å². The lowest BCUT2D eigenvalue weighted by Crippen LogP contribution is -2.37. The zero-order chi connectivity index (χ0) is 64.1. The van der Waals surface area contributed by atoms with Crippen LogP contribution < -0.4 is 0 Å². The molecule has 0 aliphatic heterocycles. The van der Waals surface area contributed by atoms with E-state index in [1.165, 1.54) is 180 Å². The second-order valence-corrected chi connectivity index (χ2v) is 26.7. The number of carbonyl (C=O) groups excluding carboxylic acids is 2. The average molecular weight is 1250 g/mol. The SMILES string of the molecule is CC/C=C\C/C=C\C/C=C\C/C=C\C/C=C\C/C=C\C/C=C\C/C=C\CCCCCCCCCCCCCCCCC(=O)OC(COC(=O)CCCCCCCCCCCCCCC/C=C\C/C=C\CCCCCCC)COP(=O)(O)OCC[N+](C)(C)C. The molecule has 0 aromatic rings. The summed E-state index contributed by atoms with van der Waals surface area (Å²) in [7, 11) is 1.48. The monoisotopic (exact) mass is 1250 g/mol. The largest absolute Gasteiger partial charge is 0.472 e. The highest BCUT2D eigenvalue weighted by molar-refractivity contribution is 7.47. The van der Waals surface area contributed by atoms with Crippen molar-refractivity contribution in [3.05, 3.63) is 122 Å². The fourth-order valence-corrected chi connectivity index (χ4v) is 10.7. The summed E-state index contributed by atoms with van der Waals surface area (Å²) in [5.41, 5.74) is 0. The van der Waals surface area contributed by atoms with Crippen molar-refractivity contribution >= 4 is 19.8 Å². The van der Waals surface area contributed by atoms with Crippen LogP contribution in [0, 0.1) is 0 Å². The standard InChI is InChI=1S/C78H136NO8P/c1-6-8-10-12-14-16-18-20-22-24-26-28-30-32-33-34-35-36-37-38-39-40-41-42-43-44-45-47-49-51-53-55-57-59-61-63-65-67-69-71-78(81)87-76(75-86-88(82,83)85-73-72-79(3,4)5)74-84-77(80)70-68-66-64-62-60-58-56-54-52-50-48-46-31-29-27-25-23-21-19-17-15-13-11-9-7-2/h8,10,14,16,19-22,25-28,32-33,35-36,38-39,41-42,76H,6-7,9,11-13,15,17-18,23-24,29-31,34,37,40,43-75H2,1-5H3/p+1/b10-8-,16-14-,21-19-,22-20-,27-25-,28-26-,33-32-,36-35-,39-38-,42-41-. The van der Waals surface area contributed by atoms with Crippen molar-refractivity contribution in [2.24, 2.45) is 0 Å². The van der Waals surface area contributed by atoms with Gasteiger partial charge in [-0.15, -0.1) is 0 Å². The maximum Gasteiger partial charge on any atom is 0.472 e. The summed E-state index contributed by atoms with van der Waals surface area (Å²) in [4.78, 5) is 35.9. The van der Waals surface area contributed by atoms with Gasteiger partial charge in [0.25, 0.3) is 0 Å². The first-order chi connectivity index (χ1) is 43.0. The van der Waals surface area contributed by atoms with Gasteiger partial charge in [0.2, 0.25) is 0 Å². The summed E-state index contributed by atoms with van der Waals surface area (Å²) in [6.07, 6.45) is 97.3.